The molecule has 0 spiro atoms. The highest BCUT2D eigenvalue weighted by Crippen LogP contribution is 2.28. The molecule has 18 heavy (non-hydrogen) atoms. The number of alkyl halides is 1. The van der Waals surface area contributed by atoms with Crippen molar-refractivity contribution in [2.45, 2.75) is 5.88 Å². The smallest absolute Gasteiger partial charge is 0.277 e. The monoisotopic (exact) mass is 263 g/mol. The quantitative estimate of drug-likeness (QED) is 0.473. The summed E-state index contributed by atoms with van der Waals surface area (Å²) in [5, 5.41) is 10.9. The predicted octanol–water partition coefficient (Wildman–Crippen LogP) is 4.13. The van der Waals surface area contributed by atoms with Gasteiger partial charge in [0, 0.05) is 5.56 Å². The molecule has 92 valence electrons. The lowest BCUT2D eigenvalue weighted by Crippen LogP contribution is -1.94. The third-order valence-corrected chi connectivity index (χ3v) is 2.66. The Balaban J connectivity index is 2.30. The van der Waals surface area contributed by atoms with Crippen LogP contribution in [0.1, 0.15) is 5.56 Å². The minimum Gasteiger partial charge on any atom is -0.457 e. The number of ether oxygens (including phenoxy) is 1. The standard InChI is InChI=1S/C13H10ClNO3/c14-9-10-6-7-12(8-13(10)15(16)17)18-11-4-2-1-3-5-11/h1-8H,9H2. The Morgan fingerprint density at radius 1 is 1.11 bits per heavy atom. The third-order valence-electron chi connectivity index (χ3n) is 2.38. The van der Waals surface area contributed by atoms with Gasteiger partial charge in [-0.25, -0.2) is 0 Å². The second kappa shape index (κ2) is 5.51. The van der Waals surface area contributed by atoms with Gasteiger partial charge in [-0.15, -0.1) is 11.6 Å². The van der Waals surface area contributed by atoms with Gasteiger partial charge in [-0.1, -0.05) is 18.2 Å². The normalized spacial score (nSPS) is 10.1. The largest absolute Gasteiger partial charge is 0.457 e. The van der Waals surface area contributed by atoms with Crippen LogP contribution in [0, 0.1) is 10.1 Å². The lowest BCUT2D eigenvalue weighted by Gasteiger charge is -2.06. The first-order valence-corrected chi connectivity index (χ1v) is 5.80. The second-order valence-corrected chi connectivity index (χ2v) is 3.86. The Bertz CT molecular complexity index is 557. The maximum atomic E-state index is 10.9. The van der Waals surface area contributed by atoms with Crippen molar-refractivity contribution < 1.29 is 9.66 Å². The minimum atomic E-state index is -0.463. The van der Waals surface area contributed by atoms with Crippen LogP contribution in [0.15, 0.2) is 48.5 Å². The van der Waals surface area contributed by atoms with E-state index in [1.165, 1.54) is 6.07 Å². The average Bonchev–Trinajstić information content (AvgIpc) is 2.40. The summed E-state index contributed by atoms with van der Waals surface area (Å²) >= 11 is 5.64. The summed E-state index contributed by atoms with van der Waals surface area (Å²) in [6.07, 6.45) is 0. The highest BCUT2D eigenvalue weighted by Gasteiger charge is 2.14. The molecule has 2 rings (SSSR count). The van der Waals surface area contributed by atoms with E-state index >= 15 is 0 Å². The number of nitro benzene ring substituents is 1. The van der Waals surface area contributed by atoms with Gasteiger partial charge in [0.15, 0.2) is 0 Å². The summed E-state index contributed by atoms with van der Waals surface area (Å²) in [7, 11) is 0. The minimum absolute atomic E-state index is 0.0292. The molecule has 0 aliphatic rings. The summed E-state index contributed by atoms with van der Waals surface area (Å²) in [6, 6.07) is 13.7. The molecule has 0 unspecified atom stereocenters. The van der Waals surface area contributed by atoms with Crippen LogP contribution in [0.5, 0.6) is 11.5 Å². The van der Waals surface area contributed by atoms with E-state index in [2.05, 4.69) is 0 Å². The molecule has 4 nitrogen and oxygen atoms in total. The number of hydrogen-bond acceptors (Lipinski definition) is 3. The summed E-state index contributed by atoms with van der Waals surface area (Å²) in [4.78, 5) is 10.4. The van der Waals surface area contributed by atoms with E-state index in [-0.39, 0.29) is 11.6 Å². The summed E-state index contributed by atoms with van der Waals surface area (Å²) in [5.41, 5.74) is 0.445. The third kappa shape index (κ3) is 2.78. The zero-order valence-corrected chi connectivity index (χ0v) is 10.1. The molecule has 0 saturated heterocycles. The Morgan fingerprint density at radius 2 is 1.83 bits per heavy atom. The van der Waals surface area contributed by atoms with Crippen molar-refractivity contribution in [3.63, 3.8) is 0 Å². The fourth-order valence-electron chi connectivity index (χ4n) is 1.51. The molecule has 5 heteroatoms. The van der Waals surface area contributed by atoms with Crippen LogP contribution in [-0.4, -0.2) is 4.92 Å². The van der Waals surface area contributed by atoms with Crippen LogP contribution in [0.3, 0.4) is 0 Å². The van der Waals surface area contributed by atoms with Crippen LogP contribution >= 0.6 is 11.6 Å². The molecule has 0 bridgehead atoms. The molecular weight excluding hydrogens is 254 g/mol. The van der Waals surface area contributed by atoms with Crippen molar-refractivity contribution in [3.05, 3.63) is 64.2 Å². The van der Waals surface area contributed by atoms with E-state index in [1.807, 2.05) is 18.2 Å². The SMILES string of the molecule is O=[N+]([O-])c1cc(Oc2ccccc2)ccc1CCl. The number of rotatable bonds is 4. The van der Waals surface area contributed by atoms with Gasteiger partial charge in [0.25, 0.3) is 5.69 Å². The van der Waals surface area contributed by atoms with Crippen molar-refractivity contribution >= 4 is 17.3 Å². The number of hydrogen-bond donors (Lipinski definition) is 0. The van der Waals surface area contributed by atoms with Crippen molar-refractivity contribution in [1.29, 1.82) is 0 Å². The van der Waals surface area contributed by atoms with Gasteiger partial charge in [-0.2, -0.15) is 0 Å². The summed E-state index contributed by atoms with van der Waals surface area (Å²) in [6.45, 7) is 0. The molecular formula is C13H10ClNO3. The second-order valence-electron chi connectivity index (χ2n) is 3.60. The van der Waals surface area contributed by atoms with Gasteiger partial charge in [0.2, 0.25) is 0 Å². The Kier molecular flexibility index (Phi) is 3.79. The molecule has 0 atom stereocenters. The molecule has 0 aliphatic carbocycles. The molecule has 0 radical (unpaired) electrons. The molecule has 2 aromatic carbocycles. The van der Waals surface area contributed by atoms with Crippen molar-refractivity contribution in [3.8, 4) is 11.5 Å². The zero-order valence-electron chi connectivity index (χ0n) is 9.38. The lowest BCUT2D eigenvalue weighted by molar-refractivity contribution is -0.385. The highest BCUT2D eigenvalue weighted by molar-refractivity contribution is 6.17. The van der Waals surface area contributed by atoms with Crippen LogP contribution < -0.4 is 4.74 Å². The maximum absolute atomic E-state index is 10.9. The van der Waals surface area contributed by atoms with Crippen LogP contribution in [0.4, 0.5) is 5.69 Å². The van der Waals surface area contributed by atoms with Crippen LogP contribution in [0.25, 0.3) is 0 Å². The van der Waals surface area contributed by atoms with Gasteiger partial charge in [0.1, 0.15) is 11.5 Å². The van der Waals surface area contributed by atoms with Crippen LogP contribution in [0.2, 0.25) is 0 Å². The molecule has 0 amide bonds. The first-order valence-electron chi connectivity index (χ1n) is 5.27. The molecule has 0 N–H and O–H groups in total. The predicted molar refractivity (Wildman–Crippen MR) is 69.2 cm³/mol. The Morgan fingerprint density at radius 3 is 2.44 bits per heavy atom. The van der Waals surface area contributed by atoms with Gasteiger partial charge in [0.05, 0.1) is 16.9 Å². The van der Waals surface area contributed by atoms with Gasteiger partial charge >= 0.3 is 0 Å². The van der Waals surface area contributed by atoms with E-state index in [9.17, 15) is 10.1 Å². The summed E-state index contributed by atoms with van der Waals surface area (Å²) < 4.78 is 5.52. The Hall–Kier alpha value is -2.07. The lowest BCUT2D eigenvalue weighted by atomic mass is 10.2. The fraction of sp³-hybridized carbons (Fsp3) is 0.0769. The molecule has 2 aromatic rings. The number of para-hydroxylation sites is 1. The van der Waals surface area contributed by atoms with E-state index < -0.39 is 4.92 Å². The zero-order chi connectivity index (χ0) is 13.0. The molecule has 0 aliphatic heterocycles. The molecule has 0 fully saturated rings. The number of benzene rings is 2. The van der Waals surface area contributed by atoms with E-state index in [1.54, 1.807) is 24.3 Å². The van der Waals surface area contributed by atoms with E-state index in [0.29, 0.717) is 17.1 Å². The number of nitro groups is 1. The molecule has 0 aromatic heterocycles. The first kappa shape index (κ1) is 12.4. The van der Waals surface area contributed by atoms with Crippen molar-refractivity contribution in [2.75, 3.05) is 0 Å². The molecule has 0 heterocycles. The van der Waals surface area contributed by atoms with E-state index in [0.717, 1.165) is 0 Å². The fourth-order valence-corrected chi connectivity index (χ4v) is 1.74. The maximum Gasteiger partial charge on any atom is 0.277 e. The van der Waals surface area contributed by atoms with E-state index in [4.69, 9.17) is 16.3 Å². The topological polar surface area (TPSA) is 52.4 Å². The Labute approximate surface area is 109 Å². The number of halogens is 1. The highest BCUT2D eigenvalue weighted by atomic mass is 35.5. The van der Waals surface area contributed by atoms with Crippen molar-refractivity contribution in [2.24, 2.45) is 0 Å². The van der Waals surface area contributed by atoms with Gasteiger partial charge in [-0.3, -0.25) is 10.1 Å². The van der Waals surface area contributed by atoms with Crippen LogP contribution in [-0.2, 0) is 5.88 Å². The molecule has 0 saturated carbocycles. The average molecular weight is 264 g/mol. The summed E-state index contributed by atoms with van der Waals surface area (Å²) in [5.74, 6) is 1.15. The van der Waals surface area contributed by atoms with Gasteiger partial charge in [-0.05, 0) is 24.3 Å². The number of nitrogens with zero attached hydrogens (tertiary/aromatic N) is 1. The van der Waals surface area contributed by atoms with Crippen molar-refractivity contribution in [1.82, 2.24) is 0 Å². The first-order chi connectivity index (χ1) is 8.70. The van der Waals surface area contributed by atoms with Gasteiger partial charge < -0.3 is 4.74 Å².